The Hall–Kier alpha value is -1.18. The number of aryl methyl sites for hydroxylation is 1. The molecular weight excluding hydrogens is 256 g/mol. The monoisotopic (exact) mass is 290 g/mol. The lowest BCUT2D eigenvalue weighted by Crippen LogP contribution is -2.40. The summed E-state index contributed by atoms with van der Waals surface area (Å²) in [6.45, 7) is 15.8. The van der Waals surface area contributed by atoms with Gasteiger partial charge in [-0.25, -0.2) is 0 Å². The van der Waals surface area contributed by atoms with Crippen LogP contribution >= 0.6 is 0 Å². The number of nitrogen functional groups attached to an aromatic ring is 1. The van der Waals surface area contributed by atoms with Crippen LogP contribution in [0.25, 0.3) is 0 Å². The lowest BCUT2D eigenvalue weighted by molar-refractivity contribution is 0.526. The summed E-state index contributed by atoms with van der Waals surface area (Å²) in [5, 5.41) is 0. The summed E-state index contributed by atoms with van der Waals surface area (Å²) in [5.74, 6) is 0. The number of hydrogen-bond donors (Lipinski definition) is 1. The van der Waals surface area contributed by atoms with Crippen molar-refractivity contribution in [1.29, 1.82) is 0 Å². The molecule has 1 aromatic carbocycles. The van der Waals surface area contributed by atoms with Crippen LogP contribution in [0.3, 0.4) is 0 Å². The molecule has 21 heavy (non-hydrogen) atoms. The van der Waals surface area contributed by atoms with Gasteiger partial charge in [0.25, 0.3) is 0 Å². The number of nitrogens with two attached hydrogens (primary N) is 1. The highest BCUT2D eigenvalue weighted by atomic mass is 15.2. The van der Waals surface area contributed by atoms with E-state index in [1.54, 1.807) is 0 Å². The molecule has 0 saturated heterocycles. The first kappa shape index (κ1) is 17.9. The van der Waals surface area contributed by atoms with Crippen LogP contribution in [0.2, 0.25) is 0 Å². The number of benzene rings is 1. The van der Waals surface area contributed by atoms with E-state index in [1.165, 1.54) is 22.4 Å². The van der Waals surface area contributed by atoms with Crippen LogP contribution in [-0.2, 0) is 12.8 Å². The molecule has 0 bridgehead atoms. The second-order valence-electron chi connectivity index (χ2n) is 6.20. The van der Waals surface area contributed by atoms with Crippen molar-refractivity contribution in [3.05, 3.63) is 22.8 Å². The molecule has 0 radical (unpaired) electrons. The Morgan fingerprint density at radius 2 is 1.52 bits per heavy atom. The van der Waals surface area contributed by atoms with E-state index in [0.29, 0.717) is 12.1 Å². The minimum absolute atomic E-state index is 0.537. The molecule has 1 rings (SSSR count). The van der Waals surface area contributed by atoms with Crippen LogP contribution in [-0.4, -0.2) is 12.1 Å². The predicted octanol–water partition coefficient (Wildman–Crippen LogP) is 5.11. The minimum Gasteiger partial charge on any atom is -0.398 e. The van der Waals surface area contributed by atoms with Gasteiger partial charge in [-0.3, -0.25) is 0 Å². The Bertz CT molecular complexity index is 455. The first-order valence-electron chi connectivity index (χ1n) is 8.61. The highest BCUT2D eigenvalue weighted by Crippen LogP contribution is 2.35. The van der Waals surface area contributed by atoms with E-state index >= 15 is 0 Å². The molecule has 0 amide bonds. The van der Waals surface area contributed by atoms with E-state index in [1.807, 2.05) is 0 Å². The third-order valence-corrected chi connectivity index (χ3v) is 4.96. The molecule has 2 heteroatoms. The van der Waals surface area contributed by atoms with E-state index in [9.17, 15) is 0 Å². The predicted molar refractivity (Wildman–Crippen MR) is 96.3 cm³/mol. The van der Waals surface area contributed by atoms with Gasteiger partial charge in [-0.1, -0.05) is 27.7 Å². The molecule has 0 saturated carbocycles. The maximum absolute atomic E-state index is 6.46. The fourth-order valence-corrected chi connectivity index (χ4v) is 3.20. The molecule has 0 aliphatic rings. The first-order valence-corrected chi connectivity index (χ1v) is 8.61. The maximum Gasteiger partial charge on any atom is 0.0424 e. The third-order valence-electron chi connectivity index (χ3n) is 4.96. The van der Waals surface area contributed by atoms with Crippen molar-refractivity contribution in [2.45, 2.75) is 86.2 Å². The molecule has 0 fully saturated rings. The second kappa shape index (κ2) is 7.72. The molecule has 120 valence electrons. The zero-order valence-corrected chi connectivity index (χ0v) is 15.1. The molecular formula is C19H34N2. The van der Waals surface area contributed by atoms with Crippen LogP contribution in [0.4, 0.5) is 11.4 Å². The van der Waals surface area contributed by atoms with Crippen LogP contribution in [0, 0.1) is 6.92 Å². The van der Waals surface area contributed by atoms with Crippen LogP contribution in [0.15, 0.2) is 6.07 Å². The summed E-state index contributed by atoms with van der Waals surface area (Å²) in [6.07, 6.45) is 4.37. The van der Waals surface area contributed by atoms with Gasteiger partial charge < -0.3 is 10.6 Å². The molecule has 0 aliphatic heterocycles. The maximum atomic E-state index is 6.46. The van der Waals surface area contributed by atoms with Crippen molar-refractivity contribution < 1.29 is 0 Å². The number of rotatable bonds is 7. The minimum atomic E-state index is 0.537. The van der Waals surface area contributed by atoms with E-state index in [-0.39, 0.29) is 0 Å². The van der Waals surface area contributed by atoms with E-state index < -0.39 is 0 Å². The Morgan fingerprint density at radius 3 is 1.90 bits per heavy atom. The molecule has 2 atom stereocenters. The number of hydrogen-bond acceptors (Lipinski definition) is 2. The summed E-state index contributed by atoms with van der Waals surface area (Å²) in [7, 11) is 0. The number of anilines is 2. The molecule has 2 nitrogen and oxygen atoms in total. The molecule has 0 aliphatic carbocycles. The average molecular weight is 290 g/mol. The quantitative estimate of drug-likeness (QED) is 0.707. The van der Waals surface area contributed by atoms with E-state index in [2.05, 4.69) is 59.4 Å². The van der Waals surface area contributed by atoms with Gasteiger partial charge in [-0.2, -0.15) is 0 Å². The second-order valence-corrected chi connectivity index (χ2v) is 6.20. The van der Waals surface area contributed by atoms with Crippen LogP contribution < -0.4 is 10.6 Å². The van der Waals surface area contributed by atoms with Crippen molar-refractivity contribution in [1.82, 2.24) is 0 Å². The molecule has 2 unspecified atom stereocenters. The molecule has 0 heterocycles. The summed E-state index contributed by atoms with van der Waals surface area (Å²) in [4.78, 5) is 2.57. The van der Waals surface area contributed by atoms with Gasteiger partial charge in [0.1, 0.15) is 0 Å². The van der Waals surface area contributed by atoms with Crippen molar-refractivity contribution in [2.75, 3.05) is 10.6 Å². The Balaban J connectivity index is 3.48. The van der Waals surface area contributed by atoms with Gasteiger partial charge >= 0.3 is 0 Å². The van der Waals surface area contributed by atoms with Crippen molar-refractivity contribution in [3.8, 4) is 0 Å². The fraction of sp³-hybridized carbons (Fsp3) is 0.684. The van der Waals surface area contributed by atoms with E-state index in [0.717, 1.165) is 31.4 Å². The zero-order chi connectivity index (χ0) is 16.2. The summed E-state index contributed by atoms with van der Waals surface area (Å²) >= 11 is 0. The first-order chi connectivity index (χ1) is 9.92. The van der Waals surface area contributed by atoms with Gasteiger partial charge in [0, 0.05) is 23.5 Å². The van der Waals surface area contributed by atoms with Crippen molar-refractivity contribution >= 4 is 11.4 Å². The Morgan fingerprint density at radius 1 is 1.00 bits per heavy atom. The lowest BCUT2D eigenvalue weighted by Gasteiger charge is -2.38. The van der Waals surface area contributed by atoms with Crippen LogP contribution in [0.5, 0.6) is 0 Å². The average Bonchev–Trinajstić information content (AvgIpc) is 2.50. The molecule has 2 N–H and O–H groups in total. The smallest absolute Gasteiger partial charge is 0.0424 e. The molecule has 0 spiro atoms. The van der Waals surface area contributed by atoms with Gasteiger partial charge in [0.15, 0.2) is 0 Å². The van der Waals surface area contributed by atoms with Crippen LogP contribution in [0.1, 0.15) is 71.1 Å². The van der Waals surface area contributed by atoms with Gasteiger partial charge in [0.2, 0.25) is 0 Å². The topological polar surface area (TPSA) is 29.3 Å². The largest absolute Gasteiger partial charge is 0.398 e. The van der Waals surface area contributed by atoms with Gasteiger partial charge in [-0.15, -0.1) is 0 Å². The lowest BCUT2D eigenvalue weighted by atomic mass is 9.94. The summed E-state index contributed by atoms with van der Waals surface area (Å²) in [6, 6.07) is 3.47. The highest BCUT2D eigenvalue weighted by Gasteiger charge is 2.22. The Kier molecular flexibility index (Phi) is 6.57. The zero-order valence-electron chi connectivity index (χ0n) is 15.1. The normalized spacial score (nSPS) is 14.0. The fourth-order valence-electron chi connectivity index (χ4n) is 3.20. The highest BCUT2D eigenvalue weighted by molar-refractivity contribution is 5.70. The van der Waals surface area contributed by atoms with Gasteiger partial charge in [0.05, 0.1) is 0 Å². The Labute approximate surface area is 131 Å². The summed E-state index contributed by atoms with van der Waals surface area (Å²) < 4.78 is 0. The summed E-state index contributed by atoms with van der Waals surface area (Å²) in [5.41, 5.74) is 12.8. The molecule has 1 aromatic rings. The number of nitrogens with zero attached hydrogens (tertiary/aromatic N) is 1. The van der Waals surface area contributed by atoms with Crippen molar-refractivity contribution in [3.63, 3.8) is 0 Å². The SMILES string of the molecule is CCc1cc(N(C(C)CC)C(C)CC)c(C)c(N)c1CC. The third kappa shape index (κ3) is 3.53. The molecule has 0 aromatic heterocycles. The standard InChI is InChI=1S/C19H34N2/c1-8-13(5)21(14(6)9-2)18-12-16(10-3)17(11-4)19(20)15(18)7/h12-14H,8-11,20H2,1-7H3. The van der Waals surface area contributed by atoms with Crippen molar-refractivity contribution in [2.24, 2.45) is 0 Å². The van der Waals surface area contributed by atoms with Gasteiger partial charge in [-0.05, 0) is 69.2 Å². The van der Waals surface area contributed by atoms with E-state index in [4.69, 9.17) is 5.73 Å².